The molecule has 2 N–H and O–H groups in total. The number of alkyl halides is 3. The van der Waals surface area contributed by atoms with Crippen molar-refractivity contribution in [2.24, 2.45) is 0 Å². The van der Waals surface area contributed by atoms with E-state index in [9.17, 15) is 23.1 Å². The number of amides is 1. The van der Waals surface area contributed by atoms with Gasteiger partial charge in [0.15, 0.2) is 0 Å². The molecule has 4 rings (SSSR count). The summed E-state index contributed by atoms with van der Waals surface area (Å²) in [5, 5.41) is 11.3. The summed E-state index contributed by atoms with van der Waals surface area (Å²) < 4.78 is 44.3. The SMILES string of the molecule is O=C(Nc1cc(C(F)(F)F)c(Cl)cc1O)OCC1c2ccccc2-c2ccccc21. The summed E-state index contributed by atoms with van der Waals surface area (Å²) in [5.74, 6) is -0.797. The van der Waals surface area contributed by atoms with Crippen molar-refractivity contribution in [1.29, 1.82) is 0 Å². The molecule has 1 amide bonds. The van der Waals surface area contributed by atoms with Gasteiger partial charge in [-0.1, -0.05) is 60.1 Å². The van der Waals surface area contributed by atoms with Crippen molar-refractivity contribution in [2.75, 3.05) is 11.9 Å². The zero-order valence-corrected chi connectivity index (χ0v) is 16.1. The van der Waals surface area contributed by atoms with E-state index in [2.05, 4.69) is 5.32 Å². The van der Waals surface area contributed by atoms with E-state index in [0.29, 0.717) is 6.07 Å². The first-order valence-corrected chi connectivity index (χ1v) is 9.35. The van der Waals surface area contributed by atoms with Crippen LogP contribution >= 0.6 is 11.6 Å². The molecule has 0 radical (unpaired) electrons. The maximum atomic E-state index is 13.0. The molecular weight excluding hydrogens is 419 g/mol. The quantitative estimate of drug-likeness (QED) is 0.468. The van der Waals surface area contributed by atoms with E-state index < -0.39 is 34.3 Å². The Balaban J connectivity index is 1.52. The lowest BCUT2D eigenvalue weighted by Crippen LogP contribution is -2.18. The molecule has 1 aliphatic carbocycles. The minimum absolute atomic E-state index is 0.0136. The molecule has 0 fully saturated rings. The zero-order valence-electron chi connectivity index (χ0n) is 15.3. The van der Waals surface area contributed by atoms with Crippen molar-refractivity contribution < 1.29 is 27.8 Å². The number of nitrogens with one attached hydrogen (secondary N) is 1. The van der Waals surface area contributed by atoms with E-state index in [0.717, 1.165) is 28.3 Å². The van der Waals surface area contributed by atoms with Gasteiger partial charge in [-0.25, -0.2) is 4.79 Å². The molecule has 0 saturated heterocycles. The second kappa shape index (κ2) is 7.57. The fourth-order valence-corrected chi connectivity index (χ4v) is 3.89. The van der Waals surface area contributed by atoms with Gasteiger partial charge in [0.2, 0.25) is 0 Å². The lowest BCUT2D eigenvalue weighted by molar-refractivity contribution is -0.137. The second-order valence-corrected chi connectivity index (χ2v) is 7.20. The van der Waals surface area contributed by atoms with Gasteiger partial charge in [-0.2, -0.15) is 13.2 Å². The highest BCUT2D eigenvalue weighted by Crippen LogP contribution is 2.44. The van der Waals surface area contributed by atoms with Crippen molar-refractivity contribution in [3.8, 4) is 16.9 Å². The number of ether oxygens (including phenoxy) is 1. The maximum absolute atomic E-state index is 13.0. The van der Waals surface area contributed by atoms with Crippen LogP contribution in [0.3, 0.4) is 0 Å². The van der Waals surface area contributed by atoms with Crippen molar-refractivity contribution in [1.82, 2.24) is 0 Å². The van der Waals surface area contributed by atoms with Crippen LogP contribution in [0.25, 0.3) is 11.1 Å². The third-order valence-corrected chi connectivity index (χ3v) is 5.28. The molecule has 8 heteroatoms. The Morgan fingerprint density at radius 3 is 2.17 bits per heavy atom. The molecule has 0 aromatic heterocycles. The number of phenolic OH excluding ortho intramolecular Hbond substituents is 1. The number of anilines is 1. The minimum Gasteiger partial charge on any atom is -0.506 e. The summed E-state index contributed by atoms with van der Waals surface area (Å²) in [6, 6.07) is 16.8. The van der Waals surface area contributed by atoms with Crippen LogP contribution in [0, 0.1) is 0 Å². The fraction of sp³-hybridized carbons (Fsp3) is 0.136. The number of halogens is 4. The van der Waals surface area contributed by atoms with E-state index in [1.54, 1.807) is 0 Å². The molecule has 1 aliphatic rings. The Bertz CT molecular complexity index is 1090. The highest BCUT2D eigenvalue weighted by molar-refractivity contribution is 6.31. The molecule has 0 unspecified atom stereocenters. The Labute approximate surface area is 174 Å². The summed E-state index contributed by atoms with van der Waals surface area (Å²) in [5.41, 5.74) is 2.49. The Morgan fingerprint density at radius 2 is 1.60 bits per heavy atom. The van der Waals surface area contributed by atoms with Crippen LogP contribution in [0.4, 0.5) is 23.7 Å². The Kier molecular flexibility index (Phi) is 5.07. The highest BCUT2D eigenvalue weighted by Gasteiger charge is 2.34. The molecule has 154 valence electrons. The number of hydrogen-bond acceptors (Lipinski definition) is 3. The lowest BCUT2D eigenvalue weighted by atomic mass is 9.98. The van der Waals surface area contributed by atoms with Crippen LogP contribution < -0.4 is 5.32 Å². The van der Waals surface area contributed by atoms with E-state index >= 15 is 0 Å². The minimum atomic E-state index is -4.73. The van der Waals surface area contributed by atoms with Crippen LogP contribution in [0.15, 0.2) is 60.7 Å². The van der Waals surface area contributed by atoms with Gasteiger partial charge in [-0.15, -0.1) is 0 Å². The van der Waals surface area contributed by atoms with Crippen molar-refractivity contribution in [3.63, 3.8) is 0 Å². The molecule has 0 bridgehead atoms. The van der Waals surface area contributed by atoms with Gasteiger partial charge in [0, 0.05) is 12.0 Å². The third kappa shape index (κ3) is 3.68. The number of fused-ring (bicyclic) bond motifs is 3. The van der Waals surface area contributed by atoms with Gasteiger partial charge >= 0.3 is 12.3 Å². The smallest absolute Gasteiger partial charge is 0.417 e. The van der Waals surface area contributed by atoms with Crippen LogP contribution in [-0.2, 0) is 10.9 Å². The van der Waals surface area contributed by atoms with Crippen LogP contribution in [0.1, 0.15) is 22.6 Å². The highest BCUT2D eigenvalue weighted by atomic mass is 35.5. The summed E-state index contributed by atoms with van der Waals surface area (Å²) in [4.78, 5) is 12.2. The third-order valence-electron chi connectivity index (χ3n) is 4.97. The topological polar surface area (TPSA) is 58.6 Å². The number of carbonyl (C=O) groups excluding carboxylic acids is 1. The van der Waals surface area contributed by atoms with E-state index in [4.69, 9.17) is 16.3 Å². The number of phenols is 1. The fourth-order valence-electron chi connectivity index (χ4n) is 3.62. The van der Waals surface area contributed by atoms with Crippen LogP contribution in [0.5, 0.6) is 5.75 Å². The Hall–Kier alpha value is -3.19. The number of rotatable bonds is 3. The van der Waals surface area contributed by atoms with Gasteiger partial charge in [0.1, 0.15) is 12.4 Å². The lowest BCUT2D eigenvalue weighted by Gasteiger charge is -2.16. The van der Waals surface area contributed by atoms with Gasteiger partial charge in [0.25, 0.3) is 0 Å². The first-order chi connectivity index (χ1) is 14.3. The van der Waals surface area contributed by atoms with Crippen LogP contribution in [-0.4, -0.2) is 17.8 Å². The predicted octanol–water partition coefficient (Wildman–Crippen LogP) is 6.43. The van der Waals surface area contributed by atoms with E-state index in [1.165, 1.54) is 0 Å². The van der Waals surface area contributed by atoms with E-state index in [-0.39, 0.29) is 12.5 Å². The van der Waals surface area contributed by atoms with Crippen molar-refractivity contribution in [3.05, 3.63) is 82.4 Å². The molecule has 0 heterocycles. The Morgan fingerprint density at radius 1 is 1.03 bits per heavy atom. The van der Waals surface area contributed by atoms with Crippen molar-refractivity contribution >= 4 is 23.4 Å². The van der Waals surface area contributed by atoms with Gasteiger partial charge in [-0.05, 0) is 28.3 Å². The first kappa shape index (κ1) is 20.1. The standard InChI is InChI=1S/C22H15ClF3NO3/c23-18-10-20(28)19(9-17(18)22(24,25)26)27-21(29)30-11-16-14-7-3-1-5-12(14)13-6-2-4-8-15(13)16/h1-10,16,28H,11H2,(H,27,29). The summed E-state index contributed by atoms with van der Waals surface area (Å²) in [7, 11) is 0. The number of benzene rings is 3. The van der Waals surface area contributed by atoms with Gasteiger partial charge in [-0.3, -0.25) is 5.32 Å². The predicted molar refractivity (Wildman–Crippen MR) is 107 cm³/mol. The average Bonchev–Trinajstić information content (AvgIpc) is 3.01. The largest absolute Gasteiger partial charge is 0.506 e. The molecule has 30 heavy (non-hydrogen) atoms. The molecule has 0 aliphatic heterocycles. The summed E-state index contributed by atoms with van der Waals surface area (Å²) >= 11 is 5.54. The number of aromatic hydroxyl groups is 1. The normalized spacial score (nSPS) is 12.9. The molecule has 3 aromatic rings. The maximum Gasteiger partial charge on any atom is 0.417 e. The molecule has 0 saturated carbocycles. The van der Waals surface area contributed by atoms with E-state index in [1.807, 2.05) is 48.5 Å². The second-order valence-electron chi connectivity index (χ2n) is 6.80. The molecule has 0 spiro atoms. The molecule has 3 aromatic carbocycles. The molecular formula is C22H15ClF3NO3. The number of hydrogen-bond donors (Lipinski definition) is 2. The summed E-state index contributed by atoms with van der Waals surface area (Å²) in [6.45, 7) is -0.0136. The number of carbonyl (C=O) groups is 1. The molecule has 4 nitrogen and oxygen atoms in total. The first-order valence-electron chi connectivity index (χ1n) is 8.97. The molecule has 0 atom stereocenters. The van der Waals surface area contributed by atoms with Crippen molar-refractivity contribution in [2.45, 2.75) is 12.1 Å². The van der Waals surface area contributed by atoms with Crippen LogP contribution in [0.2, 0.25) is 5.02 Å². The zero-order chi connectivity index (χ0) is 21.5. The van der Waals surface area contributed by atoms with Gasteiger partial charge in [0.05, 0.1) is 16.3 Å². The van der Waals surface area contributed by atoms with Gasteiger partial charge < -0.3 is 9.84 Å². The summed E-state index contributed by atoms with van der Waals surface area (Å²) in [6.07, 6.45) is -5.72. The average molecular weight is 434 g/mol. The monoisotopic (exact) mass is 433 g/mol.